The first-order valence-corrected chi connectivity index (χ1v) is 10.1. The Kier molecular flexibility index (Phi) is 5.17. The maximum absolute atomic E-state index is 13.4. The summed E-state index contributed by atoms with van der Waals surface area (Å²) in [5.41, 5.74) is 4.17. The Labute approximate surface area is 166 Å². The number of nitrogens with zero attached hydrogens (tertiary/aromatic N) is 4. The Bertz CT molecular complexity index is 993. The van der Waals surface area contributed by atoms with Crippen LogP contribution in [-0.2, 0) is 18.3 Å². The van der Waals surface area contributed by atoms with Crippen LogP contribution in [0.3, 0.4) is 0 Å². The van der Waals surface area contributed by atoms with E-state index < -0.39 is 0 Å². The van der Waals surface area contributed by atoms with Crippen molar-refractivity contribution < 1.29 is 9.53 Å². The standard InChI is InChI=1S/C22H30N4O2/c1-16(2)24-9-11-25(12-10-24)22(27)20-15-19-21(26(20)13-14-28-4)17-7-5-6-8-18(17)23(19)3/h5-8,15-16H,9-14H2,1-4H3. The second-order valence-electron chi connectivity index (χ2n) is 7.91. The molecule has 28 heavy (non-hydrogen) atoms. The van der Waals surface area contributed by atoms with Gasteiger partial charge in [-0.3, -0.25) is 9.69 Å². The summed E-state index contributed by atoms with van der Waals surface area (Å²) in [5, 5.41) is 1.18. The number of carbonyl (C=O) groups excluding carboxylic acids is 1. The number of carbonyl (C=O) groups is 1. The van der Waals surface area contributed by atoms with Crippen LogP contribution in [0, 0.1) is 0 Å². The number of aromatic nitrogens is 2. The molecule has 4 rings (SSSR count). The Hall–Kier alpha value is -2.31. The van der Waals surface area contributed by atoms with Gasteiger partial charge in [0.1, 0.15) is 5.69 Å². The molecule has 1 amide bonds. The molecule has 0 bridgehead atoms. The van der Waals surface area contributed by atoms with Crippen molar-refractivity contribution in [2.24, 2.45) is 7.05 Å². The van der Waals surface area contributed by atoms with Crippen molar-refractivity contribution in [2.75, 3.05) is 39.9 Å². The average molecular weight is 383 g/mol. The Morgan fingerprint density at radius 1 is 1.11 bits per heavy atom. The largest absolute Gasteiger partial charge is 0.383 e. The predicted molar refractivity (Wildman–Crippen MR) is 113 cm³/mol. The number of benzene rings is 1. The lowest BCUT2D eigenvalue weighted by Crippen LogP contribution is -2.51. The molecule has 0 aliphatic carbocycles. The Morgan fingerprint density at radius 3 is 2.50 bits per heavy atom. The van der Waals surface area contributed by atoms with E-state index in [-0.39, 0.29) is 5.91 Å². The molecular weight excluding hydrogens is 352 g/mol. The molecule has 2 aromatic heterocycles. The smallest absolute Gasteiger partial charge is 0.270 e. The van der Waals surface area contributed by atoms with E-state index in [1.165, 1.54) is 10.9 Å². The van der Waals surface area contributed by atoms with Gasteiger partial charge in [-0.05, 0) is 26.0 Å². The molecule has 6 nitrogen and oxygen atoms in total. The van der Waals surface area contributed by atoms with E-state index in [9.17, 15) is 4.79 Å². The van der Waals surface area contributed by atoms with Gasteiger partial charge in [-0.15, -0.1) is 0 Å². The van der Waals surface area contributed by atoms with Crippen LogP contribution in [-0.4, -0.2) is 70.8 Å². The first-order valence-electron chi connectivity index (χ1n) is 10.1. The lowest BCUT2D eigenvalue weighted by Gasteiger charge is -2.37. The first kappa shape index (κ1) is 19.0. The molecule has 1 fully saturated rings. The Balaban J connectivity index is 1.74. The van der Waals surface area contributed by atoms with Gasteiger partial charge in [-0.25, -0.2) is 0 Å². The number of methoxy groups -OCH3 is 1. The zero-order valence-corrected chi connectivity index (χ0v) is 17.3. The first-order chi connectivity index (χ1) is 13.5. The maximum atomic E-state index is 13.4. The molecule has 3 heterocycles. The minimum absolute atomic E-state index is 0.125. The minimum Gasteiger partial charge on any atom is -0.383 e. The van der Waals surface area contributed by atoms with Crippen LogP contribution in [0.5, 0.6) is 0 Å². The summed E-state index contributed by atoms with van der Waals surface area (Å²) in [6, 6.07) is 11.0. The van der Waals surface area contributed by atoms with Crippen LogP contribution in [0.2, 0.25) is 0 Å². The lowest BCUT2D eigenvalue weighted by atomic mass is 10.2. The van der Waals surface area contributed by atoms with E-state index >= 15 is 0 Å². The summed E-state index contributed by atoms with van der Waals surface area (Å²) in [7, 11) is 3.78. The molecule has 0 N–H and O–H groups in total. The van der Waals surface area contributed by atoms with Crippen LogP contribution in [0.15, 0.2) is 30.3 Å². The molecule has 1 saturated heterocycles. The van der Waals surface area contributed by atoms with Crippen LogP contribution < -0.4 is 0 Å². The number of piperazine rings is 1. The summed E-state index contributed by atoms with van der Waals surface area (Å²) >= 11 is 0. The summed E-state index contributed by atoms with van der Waals surface area (Å²) in [4.78, 5) is 17.8. The molecule has 6 heteroatoms. The van der Waals surface area contributed by atoms with Crippen LogP contribution in [0.25, 0.3) is 21.9 Å². The molecule has 1 aliphatic rings. The third kappa shape index (κ3) is 3.10. The van der Waals surface area contributed by atoms with Gasteiger partial charge in [0.05, 0.1) is 23.2 Å². The van der Waals surface area contributed by atoms with Gasteiger partial charge in [0.2, 0.25) is 0 Å². The van der Waals surface area contributed by atoms with E-state index in [2.05, 4.69) is 65.3 Å². The monoisotopic (exact) mass is 382 g/mol. The van der Waals surface area contributed by atoms with E-state index in [1.807, 2.05) is 4.90 Å². The quantitative estimate of drug-likeness (QED) is 0.681. The van der Waals surface area contributed by atoms with E-state index in [0.717, 1.165) is 42.9 Å². The number of rotatable bonds is 5. The fraction of sp³-hybridized carbons (Fsp3) is 0.500. The summed E-state index contributed by atoms with van der Waals surface area (Å²) < 4.78 is 9.68. The number of hydrogen-bond donors (Lipinski definition) is 0. The molecule has 150 valence electrons. The van der Waals surface area contributed by atoms with E-state index in [0.29, 0.717) is 19.2 Å². The average Bonchev–Trinajstić information content (AvgIpc) is 3.22. The van der Waals surface area contributed by atoms with Gasteiger partial charge in [-0.2, -0.15) is 0 Å². The van der Waals surface area contributed by atoms with Crippen molar-refractivity contribution in [3.8, 4) is 0 Å². The molecule has 1 aromatic carbocycles. The zero-order valence-electron chi connectivity index (χ0n) is 17.3. The summed E-state index contributed by atoms with van der Waals surface area (Å²) in [5.74, 6) is 0.125. The van der Waals surface area contributed by atoms with Crippen molar-refractivity contribution >= 4 is 27.8 Å². The predicted octanol–water partition coefficient (Wildman–Crippen LogP) is 2.95. The molecule has 3 aromatic rings. The highest BCUT2D eigenvalue weighted by atomic mass is 16.5. The number of ether oxygens (including phenoxy) is 1. The van der Waals surface area contributed by atoms with E-state index in [1.54, 1.807) is 7.11 Å². The molecule has 0 atom stereocenters. The number of amides is 1. The fourth-order valence-corrected chi connectivity index (χ4v) is 4.37. The van der Waals surface area contributed by atoms with Gasteiger partial charge in [0.25, 0.3) is 5.91 Å². The number of hydrogen-bond acceptors (Lipinski definition) is 3. The highest BCUT2D eigenvalue weighted by molar-refractivity contribution is 6.10. The van der Waals surface area contributed by atoms with Crippen LogP contribution in [0.1, 0.15) is 24.3 Å². The van der Waals surface area contributed by atoms with Crippen molar-refractivity contribution in [2.45, 2.75) is 26.4 Å². The van der Waals surface area contributed by atoms with Crippen molar-refractivity contribution in [3.05, 3.63) is 36.0 Å². The number of fused-ring (bicyclic) bond motifs is 3. The molecule has 1 aliphatic heterocycles. The molecule has 0 spiro atoms. The van der Waals surface area contributed by atoms with Gasteiger partial charge >= 0.3 is 0 Å². The zero-order chi connectivity index (χ0) is 19.8. The van der Waals surface area contributed by atoms with Gasteiger partial charge in [0, 0.05) is 58.3 Å². The summed E-state index contributed by atoms with van der Waals surface area (Å²) in [6.45, 7) is 9.11. The third-order valence-corrected chi connectivity index (χ3v) is 6.03. The second-order valence-corrected chi connectivity index (χ2v) is 7.91. The van der Waals surface area contributed by atoms with Gasteiger partial charge in [-0.1, -0.05) is 18.2 Å². The molecule has 0 saturated carbocycles. The third-order valence-electron chi connectivity index (χ3n) is 6.03. The molecule has 0 radical (unpaired) electrons. The SMILES string of the molecule is COCCn1c(C(=O)N2CCN(C(C)C)CC2)cc2c1c1ccccc1n2C. The highest BCUT2D eigenvalue weighted by Crippen LogP contribution is 2.31. The minimum atomic E-state index is 0.125. The van der Waals surface area contributed by atoms with E-state index in [4.69, 9.17) is 4.74 Å². The van der Waals surface area contributed by atoms with Crippen molar-refractivity contribution in [1.82, 2.24) is 18.9 Å². The van der Waals surface area contributed by atoms with Gasteiger partial charge < -0.3 is 18.8 Å². The fourth-order valence-electron chi connectivity index (χ4n) is 4.37. The van der Waals surface area contributed by atoms with Crippen molar-refractivity contribution in [3.63, 3.8) is 0 Å². The second kappa shape index (κ2) is 7.60. The van der Waals surface area contributed by atoms with Gasteiger partial charge in [0.15, 0.2) is 0 Å². The highest BCUT2D eigenvalue weighted by Gasteiger charge is 2.27. The topological polar surface area (TPSA) is 42.6 Å². The lowest BCUT2D eigenvalue weighted by molar-refractivity contribution is 0.0584. The van der Waals surface area contributed by atoms with Crippen molar-refractivity contribution in [1.29, 1.82) is 0 Å². The molecular formula is C22H30N4O2. The molecule has 0 unspecified atom stereocenters. The van der Waals surface area contributed by atoms with Crippen LogP contribution in [0.4, 0.5) is 0 Å². The Morgan fingerprint density at radius 2 is 1.82 bits per heavy atom. The van der Waals surface area contributed by atoms with Crippen LogP contribution >= 0.6 is 0 Å². The maximum Gasteiger partial charge on any atom is 0.270 e. The number of para-hydroxylation sites is 1. The summed E-state index contributed by atoms with van der Waals surface area (Å²) in [6.07, 6.45) is 0. The normalized spacial score (nSPS) is 16.0. The number of aryl methyl sites for hydroxylation is 1.